The monoisotopic (exact) mass is 408 g/mol. The molecule has 9 heteroatoms. The van der Waals surface area contributed by atoms with Crippen LogP contribution in [0.3, 0.4) is 0 Å². The molecule has 1 heterocycles. The lowest BCUT2D eigenvalue weighted by Gasteiger charge is -2.16. The number of thioether (sulfide) groups is 1. The molecule has 0 fully saturated rings. The van der Waals surface area contributed by atoms with Gasteiger partial charge in [-0.1, -0.05) is 47.6 Å². The molecule has 0 N–H and O–H groups in total. The normalized spacial score (nSPS) is 11.4. The Morgan fingerprint density at radius 3 is 2.59 bits per heavy atom. The highest BCUT2D eigenvalue weighted by atomic mass is 35.5. The molecule has 0 aliphatic carbocycles. The van der Waals surface area contributed by atoms with Crippen molar-refractivity contribution in [2.24, 2.45) is 0 Å². The van der Waals surface area contributed by atoms with Crippen LogP contribution in [0.1, 0.15) is 12.0 Å². The summed E-state index contributed by atoms with van der Waals surface area (Å²) in [5.41, 5.74) is -0.334. The average molecular weight is 409 g/mol. The number of para-hydroxylation sites is 1. The van der Waals surface area contributed by atoms with Crippen molar-refractivity contribution in [3.8, 4) is 23.1 Å². The zero-order valence-corrected chi connectivity index (χ0v) is 15.3. The molecule has 138 valence electrons. The molecule has 1 aromatic heterocycles. The molecule has 3 aromatic rings. The molecule has 4 nitrogen and oxygen atoms in total. The molecule has 0 aliphatic heterocycles. The van der Waals surface area contributed by atoms with E-state index in [-0.39, 0.29) is 23.1 Å². The van der Waals surface area contributed by atoms with Crippen molar-refractivity contribution in [1.82, 2.24) is 14.8 Å². The zero-order valence-electron chi connectivity index (χ0n) is 13.7. The van der Waals surface area contributed by atoms with Crippen LogP contribution in [0.25, 0.3) is 17.1 Å². The number of benzene rings is 2. The summed E-state index contributed by atoms with van der Waals surface area (Å²) in [4.78, 5) is 0. The number of hydrogen-bond donors (Lipinski definition) is 0. The maximum absolute atomic E-state index is 13.6. The summed E-state index contributed by atoms with van der Waals surface area (Å²) in [6.45, 7) is 0. The minimum Gasteiger partial charge on any atom is -0.269 e. The van der Waals surface area contributed by atoms with Gasteiger partial charge in [-0.25, -0.2) is 0 Å². The van der Waals surface area contributed by atoms with Crippen LogP contribution >= 0.6 is 23.4 Å². The standard InChI is InChI=1S/C18H12ClF3N4S/c19-13-6-3-5-12(11-13)16-24-25-17(27-10-4-9-23)26(16)15-8-2-1-7-14(15)18(20,21)22/h1-3,5-8,11H,4,10H2. The number of nitrogens with zero attached hydrogens (tertiary/aromatic N) is 4. The van der Waals surface area contributed by atoms with E-state index in [1.807, 2.05) is 6.07 Å². The minimum absolute atomic E-state index is 0.0792. The first-order valence-electron chi connectivity index (χ1n) is 7.79. The molecule has 0 spiro atoms. The second-order valence-electron chi connectivity index (χ2n) is 5.42. The van der Waals surface area contributed by atoms with E-state index in [1.54, 1.807) is 24.3 Å². The Labute approximate surface area is 162 Å². The number of rotatable bonds is 5. The fourth-order valence-corrected chi connectivity index (χ4v) is 3.47. The van der Waals surface area contributed by atoms with Crippen molar-refractivity contribution in [2.75, 3.05) is 5.75 Å². The van der Waals surface area contributed by atoms with Gasteiger partial charge < -0.3 is 0 Å². The Hall–Kier alpha value is -2.50. The Morgan fingerprint density at radius 2 is 1.89 bits per heavy atom. The van der Waals surface area contributed by atoms with E-state index in [0.29, 0.717) is 16.3 Å². The van der Waals surface area contributed by atoms with Crippen molar-refractivity contribution >= 4 is 23.4 Å². The van der Waals surface area contributed by atoms with E-state index in [1.165, 1.54) is 34.5 Å². The summed E-state index contributed by atoms with van der Waals surface area (Å²) in [6, 6.07) is 13.9. The smallest absolute Gasteiger partial charge is 0.269 e. The second kappa shape index (κ2) is 8.03. The van der Waals surface area contributed by atoms with Crippen LogP contribution in [0, 0.1) is 11.3 Å². The van der Waals surface area contributed by atoms with Crippen LogP contribution in [-0.2, 0) is 6.18 Å². The molecule has 0 amide bonds. The largest absolute Gasteiger partial charge is 0.418 e. The van der Waals surface area contributed by atoms with Gasteiger partial charge in [0.2, 0.25) is 0 Å². The Morgan fingerprint density at radius 1 is 1.11 bits per heavy atom. The van der Waals surface area contributed by atoms with Gasteiger partial charge in [0.05, 0.1) is 17.3 Å². The van der Waals surface area contributed by atoms with E-state index in [2.05, 4.69) is 10.2 Å². The van der Waals surface area contributed by atoms with Gasteiger partial charge in [-0.3, -0.25) is 4.57 Å². The van der Waals surface area contributed by atoms with Gasteiger partial charge in [-0.2, -0.15) is 18.4 Å². The molecule has 0 atom stereocenters. The van der Waals surface area contributed by atoms with Gasteiger partial charge in [-0.05, 0) is 24.3 Å². The van der Waals surface area contributed by atoms with Crippen LogP contribution in [0.15, 0.2) is 53.7 Å². The first-order valence-corrected chi connectivity index (χ1v) is 9.16. The van der Waals surface area contributed by atoms with Crippen LogP contribution in [-0.4, -0.2) is 20.5 Å². The number of alkyl halides is 3. The Kier molecular flexibility index (Phi) is 5.73. The van der Waals surface area contributed by atoms with Crippen LogP contribution in [0.2, 0.25) is 5.02 Å². The number of hydrogen-bond acceptors (Lipinski definition) is 4. The van der Waals surface area contributed by atoms with E-state index in [9.17, 15) is 13.2 Å². The van der Waals surface area contributed by atoms with Gasteiger partial charge >= 0.3 is 6.18 Å². The van der Waals surface area contributed by atoms with Gasteiger partial charge in [-0.15, -0.1) is 10.2 Å². The van der Waals surface area contributed by atoms with E-state index in [4.69, 9.17) is 16.9 Å². The second-order valence-corrected chi connectivity index (χ2v) is 6.92. The molecule has 0 unspecified atom stereocenters. The number of nitriles is 1. The molecule has 3 rings (SSSR count). The average Bonchev–Trinajstić information content (AvgIpc) is 3.05. The maximum Gasteiger partial charge on any atom is 0.418 e. The summed E-state index contributed by atoms with van der Waals surface area (Å²) in [7, 11) is 0. The summed E-state index contributed by atoms with van der Waals surface area (Å²) >= 11 is 7.20. The van der Waals surface area contributed by atoms with Gasteiger partial charge in [0.1, 0.15) is 0 Å². The third kappa shape index (κ3) is 4.26. The third-order valence-electron chi connectivity index (χ3n) is 3.61. The highest BCUT2D eigenvalue weighted by Gasteiger charge is 2.35. The lowest BCUT2D eigenvalue weighted by atomic mass is 10.1. The van der Waals surface area contributed by atoms with Crippen molar-refractivity contribution < 1.29 is 13.2 Å². The first-order chi connectivity index (χ1) is 12.9. The summed E-state index contributed by atoms with van der Waals surface area (Å²) < 4.78 is 42.0. The SMILES string of the molecule is N#CCCSc1nnc(-c2cccc(Cl)c2)n1-c1ccccc1C(F)(F)F. The zero-order chi connectivity index (χ0) is 19.4. The van der Waals surface area contributed by atoms with Gasteiger partial charge in [0.25, 0.3) is 0 Å². The lowest BCUT2D eigenvalue weighted by Crippen LogP contribution is -2.12. The Bertz CT molecular complexity index is 995. The summed E-state index contributed by atoms with van der Waals surface area (Å²) in [5, 5.41) is 17.6. The molecular weight excluding hydrogens is 397 g/mol. The summed E-state index contributed by atoms with van der Waals surface area (Å²) in [5.74, 6) is 0.631. The molecule has 27 heavy (non-hydrogen) atoms. The fraction of sp³-hybridized carbons (Fsp3) is 0.167. The van der Waals surface area contributed by atoms with Crippen molar-refractivity contribution in [2.45, 2.75) is 17.8 Å². The maximum atomic E-state index is 13.6. The Balaban J connectivity index is 2.21. The predicted molar refractivity (Wildman–Crippen MR) is 97.8 cm³/mol. The van der Waals surface area contributed by atoms with Crippen LogP contribution in [0.5, 0.6) is 0 Å². The molecule has 0 aliphatic rings. The van der Waals surface area contributed by atoms with Crippen molar-refractivity contribution in [3.05, 3.63) is 59.1 Å². The molecule has 0 bridgehead atoms. The van der Waals surface area contributed by atoms with Gasteiger partial charge in [0, 0.05) is 22.8 Å². The topological polar surface area (TPSA) is 54.5 Å². The molecule has 0 radical (unpaired) electrons. The number of halogens is 4. The number of aromatic nitrogens is 3. The third-order valence-corrected chi connectivity index (χ3v) is 4.78. The van der Waals surface area contributed by atoms with Crippen molar-refractivity contribution in [3.63, 3.8) is 0 Å². The van der Waals surface area contributed by atoms with E-state index >= 15 is 0 Å². The van der Waals surface area contributed by atoms with E-state index in [0.717, 1.165) is 6.07 Å². The van der Waals surface area contributed by atoms with E-state index < -0.39 is 11.7 Å². The highest BCUT2D eigenvalue weighted by Crippen LogP contribution is 2.37. The minimum atomic E-state index is -4.54. The molecule has 0 saturated carbocycles. The van der Waals surface area contributed by atoms with Crippen molar-refractivity contribution in [1.29, 1.82) is 5.26 Å². The molecule has 2 aromatic carbocycles. The predicted octanol–water partition coefficient (Wildman–Crippen LogP) is 5.61. The summed E-state index contributed by atoms with van der Waals surface area (Å²) in [6.07, 6.45) is -4.30. The van der Waals surface area contributed by atoms with Crippen LogP contribution in [0.4, 0.5) is 13.2 Å². The highest BCUT2D eigenvalue weighted by molar-refractivity contribution is 7.99. The fourth-order valence-electron chi connectivity index (χ4n) is 2.49. The lowest BCUT2D eigenvalue weighted by molar-refractivity contribution is -0.137. The van der Waals surface area contributed by atoms with Gasteiger partial charge in [0.15, 0.2) is 11.0 Å². The van der Waals surface area contributed by atoms with Crippen LogP contribution < -0.4 is 0 Å². The quantitative estimate of drug-likeness (QED) is 0.406. The molecular formula is C18H12ClF3N4S. The first kappa shape index (κ1) is 19.3. The molecule has 0 saturated heterocycles.